The molecule has 4 rings (SSSR count). The second-order valence-corrected chi connectivity index (χ2v) is 6.18. The minimum Gasteiger partial charge on any atom is -0.495 e. The predicted octanol–water partition coefficient (Wildman–Crippen LogP) is 2.09. The number of anilines is 1. The van der Waals surface area contributed by atoms with Gasteiger partial charge in [0.15, 0.2) is 0 Å². The molecule has 0 amide bonds. The summed E-state index contributed by atoms with van der Waals surface area (Å²) in [4.78, 5) is 17.0. The van der Waals surface area contributed by atoms with Crippen molar-refractivity contribution in [2.75, 3.05) is 25.9 Å². The molecule has 0 saturated carbocycles. The van der Waals surface area contributed by atoms with E-state index in [4.69, 9.17) is 15.2 Å². The van der Waals surface area contributed by atoms with E-state index in [2.05, 4.69) is 10.3 Å². The molecule has 3 heterocycles. The Balaban J connectivity index is 1.89. The summed E-state index contributed by atoms with van der Waals surface area (Å²) in [6, 6.07) is 7.39. The number of hydrogen-bond donors (Lipinski definition) is 2. The lowest BCUT2D eigenvalue weighted by molar-refractivity contribution is -0.0242. The molecule has 0 radical (unpaired) electrons. The normalized spacial score (nSPS) is 18.3. The highest BCUT2D eigenvalue weighted by Crippen LogP contribution is 2.48. The zero-order chi connectivity index (χ0) is 16.7. The summed E-state index contributed by atoms with van der Waals surface area (Å²) in [6.07, 6.45) is 3.18. The molecule has 0 atom stereocenters. The molecule has 124 valence electrons. The van der Waals surface area contributed by atoms with Gasteiger partial charge in [0.05, 0.1) is 12.8 Å². The molecule has 1 spiro atoms. The zero-order valence-corrected chi connectivity index (χ0v) is 13.5. The van der Waals surface area contributed by atoms with Gasteiger partial charge in [-0.1, -0.05) is 6.07 Å². The Morgan fingerprint density at radius 1 is 1.29 bits per heavy atom. The summed E-state index contributed by atoms with van der Waals surface area (Å²) >= 11 is 0. The topological polar surface area (TPSA) is 86.5 Å². The number of esters is 1. The number of carbonyl (C=O) groups is 1. The Morgan fingerprint density at radius 3 is 2.79 bits per heavy atom. The minimum atomic E-state index is -0.535. The van der Waals surface area contributed by atoms with Crippen LogP contribution in [0, 0.1) is 0 Å². The molecule has 2 aliphatic heterocycles. The first-order valence-electron chi connectivity index (χ1n) is 8.02. The molecule has 6 nitrogen and oxygen atoms in total. The summed E-state index contributed by atoms with van der Waals surface area (Å²) in [7, 11) is 1.56. The number of fused-ring (bicyclic) bond motifs is 2. The van der Waals surface area contributed by atoms with E-state index in [9.17, 15) is 4.79 Å². The first-order chi connectivity index (χ1) is 11.6. The van der Waals surface area contributed by atoms with E-state index >= 15 is 0 Å². The quantitative estimate of drug-likeness (QED) is 0.822. The predicted molar refractivity (Wildman–Crippen MR) is 89.8 cm³/mol. The highest BCUT2D eigenvalue weighted by Gasteiger charge is 2.48. The van der Waals surface area contributed by atoms with Crippen LogP contribution in [0.4, 0.5) is 5.69 Å². The molecule has 1 saturated heterocycles. The van der Waals surface area contributed by atoms with Gasteiger partial charge in [-0.25, -0.2) is 4.79 Å². The fraction of sp³-hybridized carbons (Fsp3) is 0.333. The Bertz CT molecular complexity index is 813. The number of piperidine rings is 1. The van der Waals surface area contributed by atoms with Crippen LogP contribution in [0.5, 0.6) is 5.75 Å². The third-order valence-electron chi connectivity index (χ3n) is 4.82. The Morgan fingerprint density at radius 2 is 2.08 bits per heavy atom. The van der Waals surface area contributed by atoms with E-state index in [-0.39, 0.29) is 5.97 Å². The molecule has 3 N–H and O–H groups in total. The van der Waals surface area contributed by atoms with Crippen LogP contribution in [0.1, 0.15) is 28.8 Å². The van der Waals surface area contributed by atoms with Gasteiger partial charge in [-0.2, -0.15) is 0 Å². The van der Waals surface area contributed by atoms with Crippen LogP contribution < -0.4 is 15.8 Å². The molecule has 1 aromatic heterocycles. The summed E-state index contributed by atoms with van der Waals surface area (Å²) < 4.78 is 11.4. The number of benzene rings is 1. The van der Waals surface area contributed by atoms with E-state index in [1.165, 1.54) is 0 Å². The average molecular weight is 325 g/mol. The van der Waals surface area contributed by atoms with E-state index in [0.717, 1.165) is 37.1 Å². The molecule has 1 fully saturated rings. The first-order valence-corrected chi connectivity index (χ1v) is 8.02. The number of nitrogens with two attached hydrogens (primary N) is 1. The van der Waals surface area contributed by atoms with Crippen molar-refractivity contribution in [1.82, 2.24) is 10.3 Å². The smallest absolute Gasteiger partial charge is 0.343 e. The van der Waals surface area contributed by atoms with E-state index in [1.807, 2.05) is 12.1 Å². The second-order valence-electron chi connectivity index (χ2n) is 6.18. The van der Waals surface area contributed by atoms with Gasteiger partial charge in [-0.05, 0) is 31.3 Å². The number of rotatable bonds is 2. The number of aromatic nitrogens is 1. The van der Waals surface area contributed by atoms with Crippen LogP contribution in [0.25, 0.3) is 11.3 Å². The van der Waals surface area contributed by atoms with Gasteiger partial charge in [-0.15, -0.1) is 0 Å². The van der Waals surface area contributed by atoms with Crippen LogP contribution in [0.2, 0.25) is 0 Å². The maximum Gasteiger partial charge on any atom is 0.343 e. The molecule has 6 heteroatoms. The van der Waals surface area contributed by atoms with Crippen molar-refractivity contribution in [3.63, 3.8) is 0 Å². The second kappa shape index (κ2) is 5.49. The molecule has 0 aliphatic carbocycles. The largest absolute Gasteiger partial charge is 0.495 e. The highest BCUT2D eigenvalue weighted by atomic mass is 16.6. The van der Waals surface area contributed by atoms with Crippen molar-refractivity contribution >= 4 is 11.7 Å². The SMILES string of the molecule is COc1c(-c2cc(N)ccn2)ccc2c1C(=O)OC21CCNCC1. The van der Waals surface area contributed by atoms with Gasteiger partial charge in [0.1, 0.15) is 16.9 Å². The lowest BCUT2D eigenvalue weighted by atomic mass is 9.83. The first kappa shape index (κ1) is 15.0. The molecular formula is C18H19N3O3. The van der Waals surface area contributed by atoms with Crippen molar-refractivity contribution in [2.24, 2.45) is 0 Å². The monoisotopic (exact) mass is 325 g/mol. The zero-order valence-electron chi connectivity index (χ0n) is 13.5. The van der Waals surface area contributed by atoms with Crippen LogP contribution in [0.15, 0.2) is 30.5 Å². The lowest BCUT2D eigenvalue weighted by Crippen LogP contribution is -2.39. The highest BCUT2D eigenvalue weighted by molar-refractivity contribution is 6.00. The van der Waals surface area contributed by atoms with Crippen molar-refractivity contribution in [3.8, 4) is 17.0 Å². The molecule has 2 aromatic rings. The summed E-state index contributed by atoms with van der Waals surface area (Å²) in [5.41, 5.74) is 8.78. The van der Waals surface area contributed by atoms with Gasteiger partial charge >= 0.3 is 5.97 Å². The third-order valence-corrected chi connectivity index (χ3v) is 4.82. The maximum absolute atomic E-state index is 12.6. The lowest BCUT2D eigenvalue weighted by Gasteiger charge is -2.33. The number of nitrogens with zero attached hydrogens (tertiary/aromatic N) is 1. The third kappa shape index (κ3) is 2.14. The number of pyridine rings is 1. The number of methoxy groups -OCH3 is 1. The van der Waals surface area contributed by atoms with Gasteiger partial charge in [0.2, 0.25) is 0 Å². The number of carbonyl (C=O) groups excluding carboxylic acids is 1. The van der Waals surface area contributed by atoms with E-state index < -0.39 is 5.60 Å². The molecule has 0 bridgehead atoms. The van der Waals surface area contributed by atoms with Crippen molar-refractivity contribution in [2.45, 2.75) is 18.4 Å². The van der Waals surface area contributed by atoms with E-state index in [1.54, 1.807) is 25.4 Å². The standard InChI is InChI=1S/C18H19N3O3/c1-23-16-12(14-10-11(19)4-7-21-14)2-3-13-15(16)17(22)24-18(13)5-8-20-9-6-18/h2-4,7,10,20H,5-6,8-9H2,1H3,(H2,19,21). The number of nitrogens with one attached hydrogen (secondary N) is 1. The molecule has 24 heavy (non-hydrogen) atoms. The Kier molecular flexibility index (Phi) is 3.42. The fourth-order valence-electron chi connectivity index (χ4n) is 3.66. The number of ether oxygens (including phenoxy) is 2. The molecular weight excluding hydrogens is 306 g/mol. The minimum absolute atomic E-state index is 0.325. The van der Waals surface area contributed by atoms with Crippen LogP contribution in [-0.4, -0.2) is 31.2 Å². The Labute approximate surface area is 140 Å². The van der Waals surface area contributed by atoms with Crippen LogP contribution in [-0.2, 0) is 10.3 Å². The molecule has 0 unspecified atom stereocenters. The van der Waals surface area contributed by atoms with E-state index in [0.29, 0.717) is 22.7 Å². The number of nitrogen functional groups attached to an aromatic ring is 1. The van der Waals surface area contributed by atoms with Crippen LogP contribution in [0.3, 0.4) is 0 Å². The van der Waals surface area contributed by atoms with Crippen LogP contribution >= 0.6 is 0 Å². The summed E-state index contributed by atoms with van der Waals surface area (Å²) in [5, 5.41) is 3.31. The van der Waals surface area contributed by atoms with Crippen molar-refractivity contribution < 1.29 is 14.3 Å². The maximum atomic E-state index is 12.6. The molecule has 2 aliphatic rings. The Hall–Kier alpha value is -2.60. The van der Waals surface area contributed by atoms with Gasteiger partial charge < -0.3 is 20.5 Å². The molecule has 1 aromatic carbocycles. The summed E-state index contributed by atoms with van der Waals surface area (Å²) in [6.45, 7) is 1.65. The van der Waals surface area contributed by atoms with Crippen molar-refractivity contribution in [3.05, 3.63) is 41.6 Å². The number of hydrogen-bond acceptors (Lipinski definition) is 6. The van der Waals surface area contributed by atoms with Gasteiger partial charge in [0, 0.05) is 35.9 Å². The van der Waals surface area contributed by atoms with Gasteiger partial charge in [-0.3, -0.25) is 4.98 Å². The van der Waals surface area contributed by atoms with Crippen molar-refractivity contribution in [1.29, 1.82) is 0 Å². The fourth-order valence-corrected chi connectivity index (χ4v) is 3.66. The average Bonchev–Trinajstić information content (AvgIpc) is 2.86. The summed E-state index contributed by atoms with van der Waals surface area (Å²) in [5.74, 6) is 0.181. The van der Waals surface area contributed by atoms with Gasteiger partial charge in [0.25, 0.3) is 0 Å².